The number of halogens is 1. The van der Waals surface area contributed by atoms with Crippen LogP contribution in [0.5, 0.6) is 0 Å². The molecule has 4 nitrogen and oxygen atoms in total. The van der Waals surface area contributed by atoms with E-state index in [2.05, 4.69) is 15.3 Å². The van der Waals surface area contributed by atoms with Gasteiger partial charge in [-0.05, 0) is 40.6 Å². The lowest BCUT2D eigenvalue weighted by molar-refractivity contribution is -0.119. The summed E-state index contributed by atoms with van der Waals surface area (Å²) in [6, 6.07) is 11.8. The number of benzene rings is 1. The Labute approximate surface area is 167 Å². The first-order valence-electron chi connectivity index (χ1n) is 8.10. The molecule has 1 atom stereocenters. The summed E-state index contributed by atoms with van der Waals surface area (Å²) in [4.78, 5) is 22.1. The summed E-state index contributed by atoms with van der Waals surface area (Å²) in [6.45, 7) is 0. The lowest BCUT2D eigenvalue weighted by Crippen LogP contribution is -2.30. The SMILES string of the molecule is O=C(CSc1ncnc2ccsc12)NC(c1ccc(F)cc1)c1cccs1. The highest BCUT2D eigenvalue weighted by molar-refractivity contribution is 8.00. The van der Waals surface area contributed by atoms with E-state index in [0.29, 0.717) is 0 Å². The van der Waals surface area contributed by atoms with Crippen molar-refractivity contribution in [1.82, 2.24) is 15.3 Å². The van der Waals surface area contributed by atoms with Gasteiger partial charge in [0.2, 0.25) is 5.91 Å². The van der Waals surface area contributed by atoms with Crippen molar-refractivity contribution in [2.45, 2.75) is 11.1 Å². The normalized spacial score (nSPS) is 12.2. The smallest absolute Gasteiger partial charge is 0.231 e. The van der Waals surface area contributed by atoms with Crippen molar-refractivity contribution in [1.29, 1.82) is 0 Å². The molecule has 0 aliphatic carbocycles. The molecule has 0 fully saturated rings. The summed E-state index contributed by atoms with van der Waals surface area (Å²) in [5.41, 5.74) is 1.74. The van der Waals surface area contributed by atoms with E-state index in [0.717, 1.165) is 25.7 Å². The number of hydrogen-bond acceptors (Lipinski definition) is 6. The van der Waals surface area contributed by atoms with Gasteiger partial charge in [0.15, 0.2) is 0 Å². The van der Waals surface area contributed by atoms with Gasteiger partial charge in [0, 0.05) is 4.88 Å². The first-order valence-corrected chi connectivity index (χ1v) is 10.8. The van der Waals surface area contributed by atoms with Gasteiger partial charge in [0.1, 0.15) is 17.2 Å². The molecule has 27 heavy (non-hydrogen) atoms. The number of nitrogens with one attached hydrogen (secondary N) is 1. The number of fused-ring (bicyclic) bond motifs is 1. The van der Waals surface area contributed by atoms with Crippen LogP contribution in [-0.2, 0) is 4.79 Å². The van der Waals surface area contributed by atoms with E-state index in [1.807, 2.05) is 29.0 Å². The van der Waals surface area contributed by atoms with Crippen molar-refractivity contribution in [2.75, 3.05) is 5.75 Å². The lowest BCUT2D eigenvalue weighted by Gasteiger charge is -2.18. The number of carbonyl (C=O) groups is 1. The Morgan fingerprint density at radius 2 is 1.96 bits per heavy atom. The molecule has 1 aromatic carbocycles. The standard InChI is InChI=1S/C19H14FN3OS3/c20-13-5-3-12(4-6-13)17(15-2-1-8-25-15)23-16(24)10-27-19-18-14(7-9-26-18)21-11-22-19/h1-9,11,17H,10H2,(H,23,24). The van der Waals surface area contributed by atoms with E-state index in [9.17, 15) is 9.18 Å². The number of thiophene rings is 2. The van der Waals surface area contributed by atoms with E-state index in [-0.39, 0.29) is 23.5 Å². The largest absolute Gasteiger partial charge is 0.344 e. The lowest BCUT2D eigenvalue weighted by atomic mass is 10.1. The molecular formula is C19H14FN3OS3. The molecule has 1 unspecified atom stereocenters. The minimum absolute atomic E-state index is 0.106. The summed E-state index contributed by atoms with van der Waals surface area (Å²) < 4.78 is 14.3. The fourth-order valence-corrected chi connectivity index (χ4v) is 5.20. The Balaban J connectivity index is 1.48. The molecule has 4 rings (SSSR count). The van der Waals surface area contributed by atoms with E-state index in [4.69, 9.17) is 0 Å². The third-order valence-electron chi connectivity index (χ3n) is 3.89. The molecule has 8 heteroatoms. The fourth-order valence-electron chi connectivity index (χ4n) is 2.64. The molecule has 0 aliphatic heterocycles. The molecule has 1 N–H and O–H groups in total. The Morgan fingerprint density at radius 3 is 2.74 bits per heavy atom. The van der Waals surface area contributed by atoms with E-state index >= 15 is 0 Å². The first-order chi connectivity index (χ1) is 13.2. The van der Waals surface area contributed by atoms with Crippen molar-refractivity contribution >= 4 is 50.6 Å². The molecule has 0 aliphatic rings. The van der Waals surface area contributed by atoms with Gasteiger partial charge in [-0.1, -0.05) is 30.0 Å². The van der Waals surface area contributed by atoms with E-state index in [1.165, 1.54) is 30.2 Å². The second-order valence-corrected chi connectivity index (χ2v) is 8.53. The molecular weight excluding hydrogens is 401 g/mol. The van der Waals surface area contributed by atoms with Crippen LogP contribution in [0.15, 0.2) is 64.6 Å². The Hall–Kier alpha value is -2.29. The number of nitrogens with zero attached hydrogens (tertiary/aromatic N) is 2. The van der Waals surface area contributed by atoms with Crippen molar-refractivity contribution in [3.05, 3.63) is 75.8 Å². The average Bonchev–Trinajstić information content (AvgIpc) is 3.37. The molecule has 0 spiro atoms. The molecule has 1 amide bonds. The van der Waals surface area contributed by atoms with Crippen molar-refractivity contribution in [2.24, 2.45) is 0 Å². The van der Waals surface area contributed by atoms with Crippen LogP contribution in [0.1, 0.15) is 16.5 Å². The number of thioether (sulfide) groups is 1. The zero-order valence-electron chi connectivity index (χ0n) is 14.0. The van der Waals surface area contributed by atoms with Gasteiger partial charge >= 0.3 is 0 Å². The van der Waals surface area contributed by atoms with Crippen LogP contribution in [0.25, 0.3) is 10.2 Å². The number of aromatic nitrogens is 2. The summed E-state index contributed by atoms with van der Waals surface area (Å²) in [5.74, 6) is -0.159. The molecule has 136 valence electrons. The maximum Gasteiger partial charge on any atom is 0.231 e. The molecule has 0 bridgehead atoms. The Bertz CT molecular complexity index is 1050. The van der Waals surface area contributed by atoms with Gasteiger partial charge in [-0.15, -0.1) is 22.7 Å². The highest BCUT2D eigenvalue weighted by Crippen LogP contribution is 2.29. The highest BCUT2D eigenvalue weighted by atomic mass is 32.2. The first kappa shape index (κ1) is 18.1. The molecule has 3 aromatic heterocycles. The molecule has 0 radical (unpaired) electrons. The van der Waals surface area contributed by atoms with Gasteiger partial charge in [0.05, 0.1) is 22.0 Å². The predicted molar refractivity (Wildman–Crippen MR) is 109 cm³/mol. The maximum absolute atomic E-state index is 13.3. The maximum atomic E-state index is 13.3. The number of carbonyl (C=O) groups excluding carboxylic acids is 1. The Morgan fingerprint density at radius 1 is 1.11 bits per heavy atom. The van der Waals surface area contributed by atoms with Gasteiger partial charge in [-0.25, -0.2) is 14.4 Å². The van der Waals surface area contributed by atoms with Crippen LogP contribution >= 0.6 is 34.4 Å². The molecule has 3 heterocycles. The predicted octanol–water partition coefficient (Wildman–Crippen LogP) is 4.89. The summed E-state index contributed by atoms with van der Waals surface area (Å²) in [5, 5.41) is 7.78. The topological polar surface area (TPSA) is 54.9 Å². The van der Waals surface area contributed by atoms with Crippen molar-refractivity contribution < 1.29 is 9.18 Å². The van der Waals surface area contributed by atoms with Gasteiger partial charge in [-0.2, -0.15) is 0 Å². The second-order valence-electron chi connectivity index (χ2n) is 5.67. The van der Waals surface area contributed by atoms with Gasteiger partial charge in [0.25, 0.3) is 0 Å². The van der Waals surface area contributed by atoms with Crippen LogP contribution < -0.4 is 5.32 Å². The number of rotatable bonds is 6. The minimum Gasteiger partial charge on any atom is -0.344 e. The zero-order valence-corrected chi connectivity index (χ0v) is 16.4. The van der Waals surface area contributed by atoms with Crippen LogP contribution in [0.2, 0.25) is 0 Å². The highest BCUT2D eigenvalue weighted by Gasteiger charge is 2.18. The zero-order chi connectivity index (χ0) is 18.6. The van der Waals surface area contributed by atoms with Crippen LogP contribution in [0.4, 0.5) is 4.39 Å². The van der Waals surface area contributed by atoms with E-state index < -0.39 is 0 Å². The molecule has 0 saturated carbocycles. The Kier molecular flexibility index (Phi) is 5.47. The summed E-state index contributed by atoms with van der Waals surface area (Å²) in [7, 11) is 0. The number of amides is 1. The van der Waals surface area contributed by atoms with E-state index in [1.54, 1.807) is 34.8 Å². The second kappa shape index (κ2) is 8.16. The van der Waals surface area contributed by atoms with Crippen molar-refractivity contribution in [3.63, 3.8) is 0 Å². The van der Waals surface area contributed by atoms with Crippen LogP contribution in [0, 0.1) is 5.82 Å². The van der Waals surface area contributed by atoms with Crippen LogP contribution in [-0.4, -0.2) is 21.6 Å². The molecule has 4 aromatic rings. The minimum atomic E-state index is -0.300. The number of hydrogen-bond donors (Lipinski definition) is 1. The monoisotopic (exact) mass is 415 g/mol. The summed E-state index contributed by atoms with van der Waals surface area (Å²) in [6.07, 6.45) is 1.52. The third kappa shape index (κ3) is 4.18. The summed E-state index contributed by atoms with van der Waals surface area (Å²) >= 11 is 4.51. The molecule has 0 saturated heterocycles. The van der Waals surface area contributed by atoms with Gasteiger partial charge in [-0.3, -0.25) is 4.79 Å². The third-order valence-corrected chi connectivity index (χ3v) is 6.85. The van der Waals surface area contributed by atoms with Crippen LogP contribution in [0.3, 0.4) is 0 Å². The van der Waals surface area contributed by atoms with Crippen molar-refractivity contribution in [3.8, 4) is 0 Å². The fraction of sp³-hybridized carbons (Fsp3) is 0.105. The average molecular weight is 416 g/mol. The quantitative estimate of drug-likeness (QED) is 0.360. The van der Waals surface area contributed by atoms with Gasteiger partial charge < -0.3 is 5.32 Å².